The maximum absolute atomic E-state index is 13.2. The topological polar surface area (TPSA) is 35.8 Å². The second-order valence-corrected chi connectivity index (χ2v) is 4.68. The van der Waals surface area contributed by atoms with E-state index in [-0.39, 0.29) is 5.56 Å². The van der Waals surface area contributed by atoms with Crippen LogP contribution in [0, 0.1) is 23.1 Å². The minimum absolute atomic E-state index is 0.00970. The molecule has 0 heterocycles. The first kappa shape index (κ1) is 13.8. The number of halogens is 4. The highest BCUT2D eigenvalue weighted by atomic mass is 19.4. The van der Waals surface area contributed by atoms with Crippen LogP contribution in [0.4, 0.5) is 17.6 Å². The van der Waals surface area contributed by atoms with E-state index in [0.29, 0.717) is 18.5 Å². The molecule has 2 nitrogen and oxygen atoms in total. The van der Waals surface area contributed by atoms with E-state index in [4.69, 9.17) is 5.26 Å². The third-order valence-corrected chi connectivity index (χ3v) is 3.02. The number of benzene rings is 1. The van der Waals surface area contributed by atoms with Crippen LogP contribution < -0.4 is 5.32 Å². The SMILES string of the molecule is N#CC(NCC1CC1)c1cc(F)cc(C(F)(F)F)c1. The normalized spacial score (nSPS) is 17.0. The number of hydrogen-bond acceptors (Lipinski definition) is 2. The summed E-state index contributed by atoms with van der Waals surface area (Å²) in [6.45, 7) is 0.566. The Hall–Kier alpha value is -1.61. The van der Waals surface area contributed by atoms with Gasteiger partial charge in [0.25, 0.3) is 0 Å². The zero-order chi connectivity index (χ0) is 14.0. The summed E-state index contributed by atoms with van der Waals surface area (Å²) in [6.07, 6.45) is -2.50. The van der Waals surface area contributed by atoms with Crippen molar-refractivity contribution in [2.75, 3.05) is 6.54 Å². The smallest absolute Gasteiger partial charge is 0.298 e. The van der Waals surface area contributed by atoms with Gasteiger partial charge in [-0.15, -0.1) is 0 Å². The molecule has 0 saturated heterocycles. The molecule has 2 rings (SSSR count). The Morgan fingerprint density at radius 2 is 2.00 bits per heavy atom. The minimum atomic E-state index is -4.62. The average Bonchev–Trinajstić information content (AvgIpc) is 3.12. The minimum Gasteiger partial charge on any atom is -0.298 e. The van der Waals surface area contributed by atoms with Crippen molar-refractivity contribution < 1.29 is 17.6 Å². The summed E-state index contributed by atoms with van der Waals surface area (Å²) >= 11 is 0. The summed E-state index contributed by atoms with van der Waals surface area (Å²) in [5.74, 6) is -0.509. The van der Waals surface area contributed by atoms with Crippen LogP contribution in [-0.4, -0.2) is 6.54 Å². The van der Waals surface area contributed by atoms with Crippen molar-refractivity contribution >= 4 is 0 Å². The van der Waals surface area contributed by atoms with Crippen molar-refractivity contribution in [3.63, 3.8) is 0 Å². The lowest BCUT2D eigenvalue weighted by Gasteiger charge is -2.14. The quantitative estimate of drug-likeness (QED) is 0.853. The van der Waals surface area contributed by atoms with Crippen molar-refractivity contribution in [1.82, 2.24) is 5.32 Å². The Kier molecular flexibility index (Phi) is 3.76. The number of nitriles is 1. The first-order valence-electron chi connectivity index (χ1n) is 5.91. The van der Waals surface area contributed by atoms with Gasteiger partial charge in [0.15, 0.2) is 0 Å². The molecule has 0 radical (unpaired) electrons. The lowest BCUT2D eigenvalue weighted by atomic mass is 10.0. The molecule has 0 amide bonds. The van der Waals surface area contributed by atoms with Crippen LogP contribution in [0.3, 0.4) is 0 Å². The van der Waals surface area contributed by atoms with Gasteiger partial charge < -0.3 is 0 Å². The van der Waals surface area contributed by atoms with Crippen molar-refractivity contribution in [2.24, 2.45) is 5.92 Å². The van der Waals surface area contributed by atoms with Gasteiger partial charge in [-0.25, -0.2) is 4.39 Å². The number of nitrogens with zero attached hydrogens (tertiary/aromatic N) is 1. The van der Waals surface area contributed by atoms with E-state index >= 15 is 0 Å². The molecule has 6 heteroatoms. The monoisotopic (exact) mass is 272 g/mol. The van der Waals surface area contributed by atoms with E-state index in [2.05, 4.69) is 5.32 Å². The standard InChI is InChI=1S/C13H12F4N2/c14-11-4-9(3-10(5-11)13(15,16)17)12(6-18)19-7-8-1-2-8/h3-5,8,12,19H,1-2,7H2. The van der Waals surface area contributed by atoms with E-state index in [9.17, 15) is 17.6 Å². The van der Waals surface area contributed by atoms with Crippen LogP contribution >= 0.6 is 0 Å². The van der Waals surface area contributed by atoms with Gasteiger partial charge in [0.05, 0.1) is 11.6 Å². The molecule has 1 aromatic carbocycles. The second-order valence-electron chi connectivity index (χ2n) is 4.68. The molecule has 0 spiro atoms. The molecule has 1 unspecified atom stereocenters. The molecule has 0 bridgehead atoms. The van der Waals surface area contributed by atoms with Gasteiger partial charge in [0.1, 0.15) is 11.9 Å². The second kappa shape index (κ2) is 5.17. The molecule has 102 valence electrons. The van der Waals surface area contributed by atoms with Crippen LogP contribution in [0.1, 0.15) is 30.0 Å². The van der Waals surface area contributed by atoms with Crippen molar-refractivity contribution in [2.45, 2.75) is 25.1 Å². The van der Waals surface area contributed by atoms with E-state index in [1.54, 1.807) is 0 Å². The number of nitrogens with one attached hydrogen (secondary N) is 1. The molecule has 0 aromatic heterocycles. The van der Waals surface area contributed by atoms with Gasteiger partial charge in [-0.2, -0.15) is 18.4 Å². The molecule has 19 heavy (non-hydrogen) atoms. The Balaban J connectivity index is 2.21. The van der Waals surface area contributed by atoms with Gasteiger partial charge in [-0.05, 0) is 49.1 Å². The summed E-state index contributed by atoms with van der Waals surface area (Å²) in [4.78, 5) is 0. The van der Waals surface area contributed by atoms with Crippen molar-refractivity contribution in [3.05, 3.63) is 35.1 Å². The number of alkyl halides is 3. The fraction of sp³-hybridized carbons (Fsp3) is 0.462. The van der Waals surface area contributed by atoms with Crippen molar-refractivity contribution in [3.8, 4) is 6.07 Å². The number of rotatable bonds is 4. The Labute approximate surface area is 108 Å². The molecule has 1 aromatic rings. The van der Waals surface area contributed by atoms with Crippen LogP contribution in [0.25, 0.3) is 0 Å². The third-order valence-electron chi connectivity index (χ3n) is 3.02. The highest BCUT2D eigenvalue weighted by molar-refractivity contribution is 5.31. The Bertz CT molecular complexity index is 500. The van der Waals surface area contributed by atoms with Gasteiger partial charge in [-0.1, -0.05) is 0 Å². The summed E-state index contributed by atoms with van der Waals surface area (Å²) in [7, 11) is 0. The molecule has 0 aliphatic heterocycles. The van der Waals surface area contributed by atoms with Crippen LogP contribution in [0.15, 0.2) is 18.2 Å². The van der Waals surface area contributed by atoms with Crippen LogP contribution in [0.5, 0.6) is 0 Å². The van der Waals surface area contributed by atoms with E-state index in [0.717, 1.165) is 25.0 Å². The Morgan fingerprint density at radius 1 is 1.32 bits per heavy atom. The molecule has 1 fully saturated rings. The van der Waals surface area contributed by atoms with E-state index < -0.39 is 23.6 Å². The molecule has 1 N–H and O–H groups in total. The zero-order valence-corrected chi connectivity index (χ0v) is 9.97. The molecule has 1 aliphatic carbocycles. The van der Waals surface area contributed by atoms with E-state index in [1.165, 1.54) is 0 Å². The van der Waals surface area contributed by atoms with Gasteiger partial charge in [0, 0.05) is 0 Å². The molecule has 1 atom stereocenters. The van der Waals surface area contributed by atoms with Crippen LogP contribution in [-0.2, 0) is 6.18 Å². The predicted octanol–water partition coefficient (Wildman–Crippen LogP) is 3.41. The largest absolute Gasteiger partial charge is 0.416 e. The highest BCUT2D eigenvalue weighted by Crippen LogP contribution is 2.32. The molecular formula is C13H12F4N2. The first-order chi connectivity index (χ1) is 8.90. The van der Waals surface area contributed by atoms with Gasteiger partial charge >= 0.3 is 6.18 Å². The summed E-state index contributed by atoms with van der Waals surface area (Å²) in [6, 6.07) is 3.15. The van der Waals surface area contributed by atoms with E-state index in [1.807, 2.05) is 6.07 Å². The lowest BCUT2D eigenvalue weighted by Crippen LogP contribution is -2.23. The number of hydrogen-bond donors (Lipinski definition) is 1. The van der Waals surface area contributed by atoms with Crippen LogP contribution in [0.2, 0.25) is 0 Å². The zero-order valence-electron chi connectivity index (χ0n) is 9.97. The maximum Gasteiger partial charge on any atom is 0.416 e. The van der Waals surface area contributed by atoms with Gasteiger partial charge in [-0.3, -0.25) is 5.32 Å². The molecular weight excluding hydrogens is 260 g/mol. The van der Waals surface area contributed by atoms with Crippen molar-refractivity contribution in [1.29, 1.82) is 5.26 Å². The summed E-state index contributed by atoms with van der Waals surface area (Å²) in [5, 5.41) is 11.8. The maximum atomic E-state index is 13.2. The third kappa shape index (κ3) is 3.67. The molecule has 1 aliphatic rings. The lowest BCUT2D eigenvalue weighted by molar-refractivity contribution is -0.137. The average molecular weight is 272 g/mol. The predicted molar refractivity (Wildman–Crippen MR) is 60.5 cm³/mol. The highest BCUT2D eigenvalue weighted by Gasteiger charge is 2.32. The fourth-order valence-electron chi connectivity index (χ4n) is 1.79. The molecule has 1 saturated carbocycles. The first-order valence-corrected chi connectivity index (χ1v) is 5.91. The summed E-state index contributed by atoms with van der Waals surface area (Å²) < 4.78 is 50.9. The fourth-order valence-corrected chi connectivity index (χ4v) is 1.79. The Morgan fingerprint density at radius 3 is 2.53 bits per heavy atom. The summed E-state index contributed by atoms with van der Waals surface area (Å²) in [5.41, 5.74) is -1.06. The van der Waals surface area contributed by atoms with Gasteiger partial charge in [0.2, 0.25) is 0 Å².